The van der Waals surface area contributed by atoms with E-state index in [1.165, 1.54) is 6.92 Å². The van der Waals surface area contributed by atoms with Crippen LogP contribution in [0.25, 0.3) is 0 Å². The number of carbonyl (C=O) groups excluding carboxylic acids is 2. The fourth-order valence-corrected chi connectivity index (χ4v) is 18.0. The fraction of sp³-hybridized carbons (Fsp3) is 0.919. The summed E-state index contributed by atoms with van der Waals surface area (Å²) in [4.78, 5) is 39.7. The molecule has 0 radical (unpaired) electrons. The zero-order valence-electron chi connectivity index (χ0n) is 52.9. The lowest BCUT2D eigenvalue weighted by atomic mass is 9.33. The highest BCUT2D eigenvalue weighted by atomic mass is 16.8. The van der Waals surface area contributed by atoms with Gasteiger partial charge in [-0.3, -0.25) is 9.59 Å². The summed E-state index contributed by atoms with van der Waals surface area (Å²) in [5.74, 6) is -3.20. The van der Waals surface area contributed by atoms with Crippen molar-refractivity contribution in [2.75, 3.05) is 19.8 Å². The van der Waals surface area contributed by atoms with Gasteiger partial charge in [0.05, 0.1) is 30.8 Å². The van der Waals surface area contributed by atoms with Crippen molar-refractivity contribution >= 4 is 17.9 Å². The van der Waals surface area contributed by atoms with E-state index in [1.54, 1.807) is 0 Å². The number of carboxylic acids is 1. The molecule has 0 aromatic heterocycles. The molecule has 29 heteroatoms. The second kappa shape index (κ2) is 26.2. The van der Waals surface area contributed by atoms with Crippen LogP contribution in [0.3, 0.4) is 0 Å². The zero-order chi connectivity index (χ0) is 66.7. The molecule has 5 aliphatic carbocycles. The lowest BCUT2D eigenvalue weighted by Crippen LogP contribution is -2.67. The van der Waals surface area contributed by atoms with Crippen molar-refractivity contribution in [1.29, 1.82) is 0 Å². The van der Waals surface area contributed by atoms with Crippen LogP contribution >= 0.6 is 0 Å². The molecular formula is C62H98O29. The van der Waals surface area contributed by atoms with Crippen molar-refractivity contribution < 1.29 is 143 Å². The third kappa shape index (κ3) is 12.4. The predicted molar refractivity (Wildman–Crippen MR) is 304 cm³/mol. The number of carboxylic acid groups (broad SMARTS) is 1. The summed E-state index contributed by atoms with van der Waals surface area (Å²) in [6, 6.07) is 0. The maximum Gasteiger partial charge on any atom is 0.335 e. The molecule has 10 aliphatic rings. The van der Waals surface area contributed by atoms with E-state index in [-0.39, 0.29) is 34.0 Å². The number of hydrogen-bond acceptors (Lipinski definition) is 28. The number of rotatable bonds is 15. The van der Waals surface area contributed by atoms with Gasteiger partial charge in [0.15, 0.2) is 31.3 Å². The van der Waals surface area contributed by atoms with E-state index in [4.69, 9.17) is 52.1 Å². The Kier molecular flexibility index (Phi) is 20.5. The number of aliphatic hydroxyl groups is 14. The van der Waals surface area contributed by atoms with E-state index >= 15 is 4.79 Å². The number of aliphatic hydroxyl groups excluding tert-OH is 14. The molecule has 0 spiro atoms. The van der Waals surface area contributed by atoms with Crippen molar-refractivity contribution in [3.05, 3.63) is 11.6 Å². The van der Waals surface area contributed by atoms with E-state index in [1.807, 2.05) is 0 Å². The molecule has 4 saturated carbocycles. The van der Waals surface area contributed by atoms with E-state index in [9.17, 15) is 86.2 Å². The first-order valence-corrected chi connectivity index (χ1v) is 32.1. The van der Waals surface area contributed by atoms with Gasteiger partial charge in [0.1, 0.15) is 116 Å². The molecule has 9 fully saturated rings. The van der Waals surface area contributed by atoms with Crippen LogP contribution in [-0.4, -0.2) is 274 Å². The van der Waals surface area contributed by atoms with Gasteiger partial charge in [0.25, 0.3) is 0 Å². The van der Waals surface area contributed by atoms with Crippen LogP contribution in [0.2, 0.25) is 0 Å². The van der Waals surface area contributed by atoms with Crippen molar-refractivity contribution in [1.82, 2.24) is 0 Å². The third-order valence-corrected chi connectivity index (χ3v) is 23.7. The molecule has 33 atom stereocenters. The SMILES string of the molecule is CC(=O)OC[C@H]1O[C@@H](OC[C@H]2O[C@@H](OC(=O)[C@]34CCC(C)(C)C[C@H]3C3=CC[C@@H]5[C@@]6(C)CC[C@H](O[C@@H]7O[C@H](C(=O)O)[C@@H](O)[C@H](O)[C@H]7O[C@@H]7O[C@H](CO)[C@@H](O)[C@H](O)[C@H]7O)C(C)(C)[C@@H]6CC[C@@]5(C)[C@]3(C)CC4)[C@H](O)[C@@H](O)[C@@H]2O)[C@H](O)[C@@H](O)[C@@H]1O[C@@H]1O[C@@H](C)[C@H](O)[C@@H](O)[C@H]1O. The Hall–Kier alpha value is -2.77. The Morgan fingerprint density at radius 1 is 0.549 bits per heavy atom. The summed E-state index contributed by atoms with van der Waals surface area (Å²) < 4.78 is 64.7. The lowest BCUT2D eigenvalue weighted by Gasteiger charge is -2.71. The number of ether oxygens (including phenoxy) is 11. The minimum atomic E-state index is -2.02. The topological polar surface area (TPSA) is 456 Å². The average molecular weight is 1310 g/mol. The molecule has 5 saturated heterocycles. The monoisotopic (exact) mass is 1310 g/mol. The smallest absolute Gasteiger partial charge is 0.335 e. The van der Waals surface area contributed by atoms with Crippen LogP contribution < -0.4 is 0 Å². The predicted octanol–water partition coefficient (Wildman–Crippen LogP) is -2.52. The number of hydrogen-bond donors (Lipinski definition) is 15. The van der Waals surface area contributed by atoms with E-state index < -0.39 is 214 Å². The summed E-state index contributed by atoms with van der Waals surface area (Å²) in [7, 11) is 0. The van der Waals surface area contributed by atoms with E-state index in [0.717, 1.165) is 25.3 Å². The number of allylic oxidation sites excluding steroid dienone is 2. The molecule has 15 N–H and O–H groups in total. The molecule has 91 heavy (non-hydrogen) atoms. The minimum absolute atomic E-state index is 0.00388. The van der Waals surface area contributed by atoms with Gasteiger partial charge in [-0.2, -0.15) is 0 Å². The standard InChI is InChI=1S/C62H98O29/c1-24-34(65)37(68)43(74)52(83-24)88-47-30(23-81-25(2)64)86-51(46(77)42(47)73)82-22-29-36(67)39(70)45(76)54(85-29)91-56(80)62-18-16-57(3,4)20-27(62)26-10-11-32-59(7)14-13-33(58(5,6)31(59)12-15-61(32,9)60(26,8)17-19-62)87-55-49(41(72)40(71)48(89-55)50(78)79)90-53-44(75)38(69)35(66)28(21-63)84-53/h10,24,27-49,51-55,63,65-77H,11-23H2,1-9H3,(H,78,79)/t24-,27-,28+,29+,30+,31-,32+,33-,34-,35+,36+,37+,38-,39-,40-,41-,42+,43+,44+,45+,46+,47+,48-,49+,51+,52-,53-,54-,55+,59-,60+,61+,62-/m0/s1. The summed E-state index contributed by atoms with van der Waals surface area (Å²) >= 11 is 0. The van der Waals surface area contributed by atoms with E-state index in [0.29, 0.717) is 51.4 Å². The Bertz CT molecular complexity index is 2630. The summed E-state index contributed by atoms with van der Waals surface area (Å²) in [6.07, 6.45) is -35.6. The first-order chi connectivity index (χ1) is 42.5. The molecule has 29 nitrogen and oxygen atoms in total. The quantitative estimate of drug-likeness (QED) is 0.0457. The van der Waals surface area contributed by atoms with Crippen LogP contribution in [0, 0.1) is 50.2 Å². The van der Waals surface area contributed by atoms with Gasteiger partial charge in [-0.25, -0.2) is 4.79 Å². The first-order valence-electron chi connectivity index (χ1n) is 32.1. The second-order valence-electron chi connectivity index (χ2n) is 29.8. The molecule has 0 amide bonds. The molecule has 5 heterocycles. The number of esters is 2. The highest BCUT2D eigenvalue weighted by molar-refractivity contribution is 5.79. The molecule has 10 rings (SSSR count). The summed E-state index contributed by atoms with van der Waals surface area (Å²) in [6.45, 7) is 16.0. The molecular weight excluding hydrogens is 1210 g/mol. The van der Waals surface area contributed by atoms with Crippen LogP contribution in [-0.2, 0) is 66.5 Å². The van der Waals surface area contributed by atoms with Crippen molar-refractivity contribution in [2.24, 2.45) is 50.2 Å². The Morgan fingerprint density at radius 3 is 1.77 bits per heavy atom. The van der Waals surface area contributed by atoms with Crippen molar-refractivity contribution in [3.63, 3.8) is 0 Å². The zero-order valence-corrected chi connectivity index (χ0v) is 52.9. The molecule has 5 aliphatic heterocycles. The molecule has 0 aromatic rings. The number of aliphatic carboxylic acids is 1. The first kappa shape index (κ1) is 71.0. The van der Waals surface area contributed by atoms with Crippen molar-refractivity contribution in [3.8, 4) is 0 Å². The Morgan fingerprint density at radius 2 is 1.12 bits per heavy atom. The van der Waals surface area contributed by atoms with Crippen LogP contribution in [0.1, 0.15) is 127 Å². The van der Waals surface area contributed by atoms with Gasteiger partial charge >= 0.3 is 17.9 Å². The largest absolute Gasteiger partial charge is 0.479 e. The molecule has 0 unspecified atom stereocenters. The highest BCUT2D eigenvalue weighted by Crippen LogP contribution is 2.76. The van der Waals surface area contributed by atoms with Gasteiger partial charge in [-0.15, -0.1) is 0 Å². The molecule has 0 bridgehead atoms. The number of fused-ring (bicyclic) bond motifs is 7. The second-order valence-corrected chi connectivity index (χ2v) is 29.8. The average Bonchev–Trinajstić information content (AvgIpc) is 0.677. The van der Waals surface area contributed by atoms with Gasteiger partial charge < -0.3 is 129 Å². The highest BCUT2D eigenvalue weighted by Gasteiger charge is 2.71. The Balaban J connectivity index is 0.841. The van der Waals surface area contributed by atoms with Crippen LogP contribution in [0.15, 0.2) is 11.6 Å². The Labute approximate surface area is 527 Å². The maximum atomic E-state index is 15.3. The van der Waals surface area contributed by atoms with Crippen LogP contribution in [0.4, 0.5) is 0 Å². The van der Waals surface area contributed by atoms with Gasteiger partial charge in [-0.05, 0) is 116 Å². The van der Waals surface area contributed by atoms with E-state index in [2.05, 4.69) is 54.5 Å². The summed E-state index contributed by atoms with van der Waals surface area (Å²) in [5, 5.41) is 162. The lowest BCUT2D eigenvalue weighted by molar-refractivity contribution is -0.374. The number of carbonyl (C=O) groups is 3. The maximum absolute atomic E-state index is 15.3. The van der Waals surface area contributed by atoms with Gasteiger partial charge in [-0.1, -0.05) is 60.1 Å². The summed E-state index contributed by atoms with van der Waals surface area (Å²) in [5.41, 5.74) is -1.86. The van der Waals surface area contributed by atoms with Gasteiger partial charge in [0, 0.05) is 6.92 Å². The fourth-order valence-electron chi connectivity index (χ4n) is 18.0. The normalized spacial score (nSPS) is 52.0. The van der Waals surface area contributed by atoms with Crippen molar-refractivity contribution in [2.45, 2.75) is 286 Å². The molecule has 520 valence electrons. The minimum Gasteiger partial charge on any atom is -0.479 e. The third-order valence-electron chi connectivity index (χ3n) is 23.7. The van der Waals surface area contributed by atoms with Gasteiger partial charge in [0.2, 0.25) is 6.29 Å². The van der Waals surface area contributed by atoms with Crippen LogP contribution in [0.5, 0.6) is 0 Å². The molecule has 0 aromatic carbocycles.